The molecule has 4 rings (SSSR count). The van der Waals surface area contributed by atoms with E-state index in [1.54, 1.807) is 11.8 Å². The summed E-state index contributed by atoms with van der Waals surface area (Å²) < 4.78 is 76.6. The van der Waals surface area contributed by atoms with E-state index in [4.69, 9.17) is 17.1 Å². The second kappa shape index (κ2) is 7.26. The quantitative estimate of drug-likeness (QED) is 0.807. The standard InChI is InChI=1S/C21H35N3O3/c1-3-27-19(26)24-12-9-21(15-24)13-17(14-21)23-10-5-16(6-11-23)18(25)22-20(2)7-4-8-20/h16-17H,3-15H2,1-2H3,(H,22,25)/t17-,21-/i2D3,4D2,7D2,8D2. The van der Waals surface area contributed by atoms with Crippen molar-refractivity contribution in [2.45, 2.75) is 76.6 Å². The molecule has 2 heterocycles. The number of hydrogen-bond donors (Lipinski definition) is 1. The molecule has 6 heteroatoms. The number of piperidine rings is 1. The molecule has 27 heavy (non-hydrogen) atoms. The Kier molecular flexibility index (Phi) is 2.97. The number of nitrogens with one attached hydrogen (secondary N) is 1. The minimum absolute atomic E-state index is 0.109. The smallest absolute Gasteiger partial charge is 0.409 e. The summed E-state index contributed by atoms with van der Waals surface area (Å²) >= 11 is 0. The Labute approximate surface area is 175 Å². The minimum Gasteiger partial charge on any atom is -0.450 e. The van der Waals surface area contributed by atoms with Gasteiger partial charge in [0.05, 0.1) is 6.61 Å². The SMILES string of the molecule is [2H]C([2H])([2H])C1(NC(=O)C2CCN([C@H]3C[C@@]4(CCN(C(=O)OCC)C4)C3)CC2)C([2H])([2H])C([2H])([2H])C1([2H])[2H]. The van der Waals surface area contributed by atoms with Gasteiger partial charge >= 0.3 is 6.09 Å². The topological polar surface area (TPSA) is 61.9 Å². The van der Waals surface area contributed by atoms with Crippen LogP contribution in [0.1, 0.15) is 77.3 Å². The maximum atomic E-state index is 13.1. The van der Waals surface area contributed by atoms with Crippen LogP contribution in [0.4, 0.5) is 4.79 Å². The average molecular weight is 387 g/mol. The van der Waals surface area contributed by atoms with E-state index in [0.29, 0.717) is 51.7 Å². The van der Waals surface area contributed by atoms with Crippen molar-refractivity contribution in [2.24, 2.45) is 11.3 Å². The molecule has 1 spiro atoms. The van der Waals surface area contributed by atoms with Crippen LogP contribution in [-0.2, 0) is 9.53 Å². The van der Waals surface area contributed by atoms with Crippen molar-refractivity contribution >= 4 is 12.0 Å². The molecule has 2 aliphatic heterocycles. The highest BCUT2D eigenvalue weighted by atomic mass is 16.6. The summed E-state index contributed by atoms with van der Waals surface area (Å²) in [6.07, 6.45) is -5.90. The zero-order chi connectivity index (χ0) is 26.9. The van der Waals surface area contributed by atoms with Crippen LogP contribution >= 0.6 is 0 Å². The Balaban J connectivity index is 1.33. The van der Waals surface area contributed by atoms with Crippen molar-refractivity contribution < 1.29 is 26.7 Å². The molecule has 4 fully saturated rings. The molecule has 0 atom stereocenters. The fourth-order valence-electron chi connectivity index (χ4n) is 4.90. The van der Waals surface area contributed by atoms with Gasteiger partial charge in [-0.05, 0) is 83.5 Å². The largest absolute Gasteiger partial charge is 0.450 e. The van der Waals surface area contributed by atoms with Gasteiger partial charge < -0.3 is 19.9 Å². The van der Waals surface area contributed by atoms with Gasteiger partial charge in [-0.25, -0.2) is 4.79 Å². The number of nitrogens with zero attached hydrogens (tertiary/aromatic N) is 2. The van der Waals surface area contributed by atoms with E-state index in [1.165, 1.54) is 0 Å². The van der Waals surface area contributed by atoms with Crippen LogP contribution in [-0.4, -0.2) is 66.2 Å². The van der Waals surface area contributed by atoms with Crippen LogP contribution < -0.4 is 5.32 Å². The Morgan fingerprint density at radius 3 is 2.67 bits per heavy atom. The first-order valence-corrected chi connectivity index (χ1v) is 9.94. The predicted molar refractivity (Wildman–Crippen MR) is 103 cm³/mol. The Bertz CT molecular complexity index is 879. The molecule has 2 aliphatic carbocycles. The molecular formula is C21H35N3O3. The van der Waals surface area contributed by atoms with Crippen LogP contribution in [0.25, 0.3) is 0 Å². The molecule has 4 aliphatic rings. The molecular weight excluding hydrogens is 342 g/mol. The van der Waals surface area contributed by atoms with Gasteiger partial charge in [0, 0.05) is 42.9 Å². The molecule has 152 valence electrons. The molecule has 0 aromatic carbocycles. The van der Waals surface area contributed by atoms with Crippen molar-refractivity contribution in [3.63, 3.8) is 0 Å². The third-order valence-electron chi connectivity index (χ3n) is 6.53. The van der Waals surface area contributed by atoms with E-state index in [9.17, 15) is 9.59 Å². The summed E-state index contributed by atoms with van der Waals surface area (Å²) in [5, 5.41) is 2.15. The van der Waals surface area contributed by atoms with E-state index in [0.717, 1.165) is 19.3 Å². The highest BCUT2D eigenvalue weighted by Gasteiger charge is 2.51. The number of amides is 2. The summed E-state index contributed by atoms with van der Waals surface area (Å²) in [6, 6.07) is 0.340. The van der Waals surface area contributed by atoms with Gasteiger partial charge in [-0.15, -0.1) is 0 Å². The van der Waals surface area contributed by atoms with Gasteiger partial charge in [0.1, 0.15) is 0 Å². The van der Waals surface area contributed by atoms with Crippen molar-refractivity contribution in [1.29, 1.82) is 0 Å². The van der Waals surface area contributed by atoms with E-state index >= 15 is 0 Å². The number of hydrogen-bond acceptors (Lipinski definition) is 4. The lowest BCUT2D eigenvalue weighted by Gasteiger charge is -2.51. The fourth-order valence-corrected chi connectivity index (χ4v) is 4.90. The van der Waals surface area contributed by atoms with Gasteiger partial charge in [0.2, 0.25) is 5.91 Å². The van der Waals surface area contributed by atoms with Gasteiger partial charge in [-0.1, -0.05) is 0 Å². The van der Waals surface area contributed by atoms with Crippen molar-refractivity contribution in [1.82, 2.24) is 15.1 Å². The van der Waals surface area contributed by atoms with Crippen LogP contribution in [0.2, 0.25) is 0 Å². The molecule has 6 nitrogen and oxygen atoms in total. The van der Waals surface area contributed by atoms with Crippen molar-refractivity contribution in [2.75, 3.05) is 32.8 Å². The number of ether oxygens (including phenoxy) is 1. The lowest BCUT2D eigenvalue weighted by molar-refractivity contribution is -0.130. The Hall–Kier alpha value is -1.30. The second-order valence-electron chi connectivity index (χ2n) is 8.36. The van der Waals surface area contributed by atoms with Gasteiger partial charge in [-0.3, -0.25) is 4.79 Å². The van der Waals surface area contributed by atoms with E-state index in [1.807, 2.05) is 0 Å². The molecule has 2 saturated heterocycles. The molecule has 0 bridgehead atoms. The average Bonchev–Trinajstić information content (AvgIpc) is 3.21. The van der Waals surface area contributed by atoms with Crippen LogP contribution in [0.15, 0.2) is 0 Å². The molecule has 0 aromatic rings. The van der Waals surface area contributed by atoms with Gasteiger partial charge in [0.15, 0.2) is 0 Å². The molecule has 0 unspecified atom stereocenters. The summed E-state index contributed by atoms with van der Waals surface area (Å²) in [6.45, 7) is 1.42. The van der Waals surface area contributed by atoms with E-state index < -0.39 is 43.3 Å². The van der Waals surface area contributed by atoms with Crippen molar-refractivity contribution in [3.05, 3.63) is 0 Å². The second-order valence-corrected chi connectivity index (χ2v) is 8.36. The van der Waals surface area contributed by atoms with Gasteiger partial charge in [-0.2, -0.15) is 0 Å². The number of rotatable bonds is 4. The summed E-state index contributed by atoms with van der Waals surface area (Å²) in [5.41, 5.74) is -2.86. The lowest BCUT2D eigenvalue weighted by atomic mass is 9.64. The predicted octanol–water partition coefficient (Wildman–Crippen LogP) is 2.77. The van der Waals surface area contributed by atoms with Crippen LogP contribution in [0.3, 0.4) is 0 Å². The zero-order valence-electron chi connectivity index (χ0n) is 24.8. The summed E-state index contributed by atoms with van der Waals surface area (Å²) in [4.78, 5) is 29.1. The Morgan fingerprint density at radius 2 is 2.00 bits per heavy atom. The van der Waals surface area contributed by atoms with Crippen molar-refractivity contribution in [3.8, 4) is 0 Å². The highest BCUT2D eigenvalue weighted by molar-refractivity contribution is 5.79. The Morgan fingerprint density at radius 1 is 1.26 bits per heavy atom. The molecule has 0 radical (unpaired) electrons. The normalized spacial score (nSPS) is 38.9. The molecule has 2 saturated carbocycles. The third kappa shape index (κ3) is 3.82. The molecule has 2 amide bonds. The first-order chi connectivity index (χ1) is 16.5. The van der Waals surface area contributed by atoms with Crippen LogP contribution in [0.5, 0.6) is 0 Å². The van der Waals surface area contributed by atoms with E-state index in [2.05, 4.69) is 10.2 Å². The van der Waals surface area contributed by atoms with Crippen LogP contribution in [0, 0.1) is 11.3 Å². The third-order valence-corrected chi connectivity index (χ3v) is 6.53. The lowest BCUT2D eigenvalue weighted by Crippen LogP contribution is -2.56. The monoisotopic (exact) mass is 386 g/mol. The highest BCUT2D eigenvalue weighted by Crippen LogP contribution is 2.50. The minimum atomic E-state index is -3.29. The summed E-state index contributed by atoms with van der Waals surface area (Å²) in [7, 11) is 0. The number of carbonyl (C=O) groups is 2. The summed E-state index contributed by atoms with van der Waals surface area (Å²) in [5.74, 6) is -1.36. The fraction of sp³-hybridized carbons (Fsp3) is 0.905. The number of carbonyl (C=O) groups excluding carboxylic acids is 2. The maximum Gasteiger partial charge on any atom is 0.409 e. The first-order valence-electron chi connectivity index (χ1n) is 14.4. The maximum absolute atomic E-state index is 13.1. The number of likely N-dealkylation sites (tertiary alicyclic amines) is 2. The zero-order valence-corrected chi connectivity index (χ0v) is 15.8. The van der Waals surface area contributed by atoms with Gasteiger partial charge in [0.25, 0.3) is 0 Å². The first kappa shape index (κ1) is 11.0. The molecule has 1 N–H and O–H groups in total. The van der Waals surface area contributed by atoms with E-state index in [-0.39, 0.29) is 11.5 Å². The molecule has 0 aromatic heterocycles.